The number of hydrogen-bond donors (Lipinski definition) is 1. The molecule has 2 heterocycles. The molecule has 1 N–H and O–H groups in total. The summed E-state index contributed by atoms with van der Waals surface area (Å²) in [5, 5.41) is 6.69. The van der Waals surface area contributed by atoms with Gasteiger partial charge in [-0.2, -0.15) is 0 Å². The van der Waals surface area contributed by atoms with E-state index >= 15 is 0 Å². The lowest BCUT2D eigenvalue weighted by Crippen LogP contribution is -2.46. The van der Waals surface area contributed by atoms with Gasteiger partial charge in [0.1, 0.15) is 11.8 Å². The number of carbonyl (C=O) groups excluding carboxylic acids is 1. The molecule has 2 atom stereocenters. The summed E-state index contributed by atoms with van der Waals surface area (Å²) < 4.78 is 10.6. The van der Waals surface area contributed by atoms with Crippen molar-refractivity contribution in [3.8, 4) is 0 Å². The second-order valence-corrected chi connectivity index (χ2v) is 5.80. The van der Waals surface area contributed by atoms with E-state index in [-0.39, 0.29) is 18.1 Å². The molecule has 3 rings (SSSR count). The van der Waals surface area contributed by atoms with Gasteiger partial charge in [0.2, 0.25) is 5.91 Å². The number of nitrogens with one attached hydrogen (secondary N) is 1. The number of nitrogens with zero attached hydrogens (tertiary/aromatic N) is 2. The minimum absolute atomic E-state index is 0.108. The maximum atomic E-state index is 12.9. The minimum atomic E-state index is -0.375. The highest BCUT2D eigenvalue weighted by Crippen LogP contribution is 2.25. The third kappa shape index (κ3) is 3.78. The number of benzene rings is 1. The van der Waals surface area contributed by atoms with Gasteiger partial charge in [-0.15, -0.1) is 0 Å². The van der Waals surface area contributed by atoms with Crippen LogP contribution in [0.25, 0.3) is 0 Å². The molecule has 6 heteroatoms. The summed E-state index contributed by atoms with van der Waals surface area (Å²) in [5.41, 5.74) is 0.958. The van der Waals surface area contributed by atoms with E-state index in [1.54, 1.807) is 13.0 Å². The third-order valence-corrected chi connectivity index (χ3v) is 3.88. The van der Waals surface area contributed by atoms with Crippen LogP contribution in [0.1, 0.15) is 24.3 Å². The fourth-order valence-electron chi connectivity index (χ4n) is 2.86. The Morgan fingerprint density at radius 3 is 2.83 bits per heavy atom. The Morgan fingerprint density at radius 1 is 1.39 bits per heavy atom. The molecular formula is C17H21N3O3. The molecule has 1 aromatic carbocycles. The number of hydrogen-bond acceptors (Lipinski definition) is 5. The van der Waals surface area contributed by atoms with Crippen molar-refractivity contribution in [2.24, 2.45) is 0 Å². The standard InChI is InChI=1S/C17H21N3O3/c1-12-10-15(19-23-12)18-17(21)16(14-6-4-3-5-7-14)20-8-9-22-13(2)11-20/h3-7,10,13,16H,8-9,11H2,1-2H3,(H,18,19,21). The van der Waals surface area contributed by atoms with Gasteiger partial charge in [0.05, 0.1) is 12.7 Å². The zero-order chi connectivity index (χ0) is 16.2. The number of aryl methyl sites for hydroxylation is 1. The van der Waals surface area contributed by atoms with Crippen molar-refractivity contribution in [1.82, 2.24) is 10.1 Å². The van der Waals surface area contributed by atoms with Gasteiger partial charge >= 0.3 is 0 Å². The first-order chi connectivity index (χ1) is 11.1. The molecule has 122 valence electrons. The van der Waals surface area contributed by atoms with Crippen molar-refractivity contribution in [2.45, 2.75) is 26.0 Å². The number of morpholine rings is 1. The van der Waals surface area contributed by atoms with Crippen LogP contribution in [0.5, 0.6) is 0 Å². The third-order valence-electron chi connectivity index (χ3n) is 3.88. The van der Waals surface area contributed by atoms with Crippen LogP contribution in [0.2, 0.25) is 0 Å². The highest BCUT2D eigenvalue weighted by Gasteiger charge is 2.31. The average Bonchev–Trinajstić information content (AvgIpc) is 2.94. The van der Waals surface area contributed by atoms with Crippen molar-refractivity contribution in [2.75, 3.05) is 25.0 Å². The number of amides is 1. The Kier molecular flexibility index (Phi) is 4.73. The van der Waals surface area contributed by atoms with Crippen molar-refractivity contribution >= 4 is 11.7 Å². The molecule has 1 aliphatic heterocycles. The van der Waals surface area contributed by atoms with Crippen LogP contribution in [-0.4, -0.2) is 41.8 Å². The Hall–Kier alpha value is -2.18. The Balaban J connectivity index is 1.83. The van der Waals surface area contributed by atoms with Gasteiger partial charge in [-0.25, -0.2) is 0 Å². The quantitative estimate of drug-likeness (QED) is 0.938. The normalized spacial score (nSPS) is 20.2. The molecule has 1 saturated heterocycles. The smallest absolute Gasteiger partial charge is 0.247 e. The zero-order valence-electron chi connectivity index (χ0n) is 13.4. The monoisotopic (exact) mass is 315 g/mol. The number of aromatic nitrogens is 1. The topological polar surface area (TPSA) is 67.6 Å². The van der Waals surface area contributed by atoms with Crippen LogP contribution in [0.15, 0.2) is 40.9 Å². The number of anilines is 1. The molecule has 6 nitrogen and oxygen atoms in total. The SMILES string of the molecule is Cc1cc(NC(=O)C(c2ccccc2)N2CCOC(C)C2)no1. The molecule has 0 spiro atoms. The summed E-state index contributed by atoms with van der Waals surface area (Å²) in [7, 11) is 0. The molecule has 1 aromatic heterocycles. The van der Waals surface area contributed by atoms with E-state index in [0.29, 0.717) is 24.7 Å². The first-order valence-electron chi connectivity index (χ1n) is 7.78. The first kappa shape index (κ1) is 15.7. The van der Waals surface area contributed by atoms with Crippen molar-refractivity contribution in [1.29, 1.82) is 0 Å². The van der Waals surface area contributed by atoms with E-state index in [4.69, 9.17) is 9.26 Å². The van der Waals surface area contributed by atoms with Crippen LogP contribution in [-0.2, 0) is 9.53 Å². The molecule has 2 unspecified atom stereocenters. The molecule has 2 aromatic rings. The van der Waals surface area contributed by atoms with Crippen LogP contribution >= 0.6 is 0 Å². The van der Waals surface area contributed by atoms with Crippen molar-refractivity contribution in [3.05, 3.63) is 47.7 Å². The molecule has 1 fully saturated rings. The van der Waals surface area contributed by atoms with Gasteiger partial charge in [0.15, 0.2) is 5.82 Å². The maximum absolute atomic E-state index is 12.9. The molecule has 0 aliphatic carbocycles. The van der Waals surface area contributed by atoms with Gasteiger partial charge in [-0.1, -0.05) is 35.5 Å². The molecular weight excluding hydrogens is 294 g/mol. The summed E-state index contributed by atoms with van der Waals surface area (Å²) >= 11 is 0. The molecule has 23 heavy (non-hydrogen) atoms. The molecule has 0 saturated carbocycles. The van der Waals surface area contributed by atoms with Gasteiger partial charge in [0.25, 0.3) is 0 Å². The zero-order valence-corrected chi connectivity index (χ0v) is 13.4. The van der Waals surface area contributed by atoms with Crippen LogP contribution in [0, 0.1) is 6.92 Å². The van der Waals surface area contributed by atoms with Gasteiger partial charge in [0, 0.05) is 19.2 Å². The van der Waals surface area contributed by atoms with E-state index in [2.05, 4.69) is 15.4 Å². The number of rotatable bonds is 4. The lowest BCUT2D eigenvalue weighted by Gasteiger charge is -2.36. The first-order valence-corrected chi connectivity index (χ1v) is 7.78. The lowest BCUT2D eigenvalue weighted by molar-refractivity contribution is -0.124. The highest BCUT2D eigenvalue weighted by atomic mass is 16.5. The molecule has 0 bridgehead atoms. The Morgan fingerprint density at radius 2 is 2.17 bits per heavy atom. The van der Waals surface area contributed by atoms with E-state index in [1.807, 2.05) is 37.3 Å². The van der Waals surface area contributed by atoms with Gasteiger partial charge in [-0.05, 0) is 19.4 Å². The fourth-order valence-corrected chi connectivity index (χ4v) is 2.86. The predicted molar refractivity (Wildman–Crippen MR) is 86.0 cm³/mol. The lowest BCUT2D eigenvalue weighted by atomic mass is 10.0. The summed E-state index contributed by atoms with van der Waals surface area (Å²) in [6.45, 7) is 5.87. The average molecular weight is 315 g/mol. The van der Waals surface area contributed by atoms with Gasteiger partial charge < -0.3 is 14.6 Å². The second kappa shape index (κ2) is 6.93. The van der Waals surface area contributed by atoms with Crippen LogP contribution < -0.4 is 5.32 Å². The van der Waals surface area contributed by atoms with E-state index < -0.39 is 0 Å². The van der Waals surface area contributed by atoms with Crippen LogP contribution in [0.4, 0.5) is 5.82 Å². The summed E-state index contributed by atoms with van der Waals surface area (Å²) in [5.74, 6) is 0.991. The minimum Gasteiger partial charge on any atom is -0.376 e. The largest absolute Gasteiger partial charge is 0.376 e. The van der Waals surface area contributed by atoms with E-state index in [9.17, 15) is 4.79 Å². The summed E-state index contributed by atoms with van der Waals surface area (Å²) in [6.07, 6.45) is 0.108. The Labute approximate surface area is 135 Å². The van der Waals surface area contributed by atoms with Crippen LogP contribution in [0.3, 0.4) is 0 Å². The highest BCUT2D eigenvalue weighted by molar-refractivity contribution is 5.94. The number of carbonyl (C=O) groups is 1. The summed E-state index contributed by atoms with van der Waals surface area (Å²) in [6, 6.07) is 11.1. The van der Waals surface area contributed by atoms with E-state index in [0.717, 1.165) is 12.1 Å². The molecule has 0 radical (unpaired) electrons. The molecule has 1 aliphatic rings. The van der Waals surface area contributed by atoms with E-state index in [1.165, 1.54) is 0 Å². The summed E-state index contributed by atoms with van der Waals surface area (Å²) in [4.78, 5) is 15.0. The van der Waals surface area contributed by atoms with Crippen molar-refractivity contribution < 1.29 is 14.1 Å². The number of ether oxygens (including phenoxy) is 1. The Bertz CT molecular complexity index is 656. The second-order valence-electron chi connectivity index (χ2n) is 5.80. The van der Waals surface area contributed by atoms with Gasteiger partial charge in [-0.3, -0.25) is 9.69 Å². The molecule has 1 amide bonds. The van der Waals surface area contributed by atoms with Crippen molar-refractivity contribution in [3.63, 3.8) is 0 Å². The fraction of sp³-hybridized carbons (Fsp3) is 0.412. The predicted octanol–water partition coefficient (Wildman–Crippen LogP) is 2.38. The maximum Gasteiger partial charge on any atom is 0.247 e.